The maximum atomic E-state index is 5.59. The first kappa shape index (κ1) is 12.5. The Morgan fingerprint density at radius 2 is 1.96 bits per heavy atom. The van der Waals surface area contributed by atoms with E-state index in [0.717, 1.165) is 41.2 Å². The summed E-state index contributed by atoms with van der Waals surface area (Å²) in [6.45, 7) is 1.48. The number of aromatic nitrogens is 4. The minimum atomic E-state index is 0.599. The maximum Gasteiger partial charge on any atom is 0.204 e. The normalized spacial score (nSPS) is 15.0. The van der Waals surface area contributed by atoms with Gasteiger partial charge in [0.15, 0.2) is 0 Å². The molecule has 1 N–H and O–H groups in total. The molecule has 0 fully saturated rings. The Morgan fingerprint density at radius 3 is 2.87 bits per heavy atom. The third kappa shape index (κ3) is 1.95. The third-order valence-corrected chi connectivity index (χ3v) is 4.34. The second-order valence-electron chi connectivity index (χ2n) is 5.69. The van der Waals surface area contributed by atoms with Crippen LogP contribution in [0.15, 0.2) is 41.4 Å². The molecule has 0 saturated heterocycles. The lowest BCUT2D eigenvalue weighted by Gasteiger charge is -2.07. The summed E-state index contributed by atoms with van der Waals surface area (Å²) in [5.41, 5.74) is 6.73. The molecule has 0 aliphatic carbocycles. The quantitative estimate of drug-likeness (QED) is 0.787. The van der Waals surface area contributed by atoms with Crippen LogP contribution in [-0.4, -0.2) is 32.9 Å². The van der Waals surface area contributed by atoms with E-state index in [2.05, 4.69) is 44.9 Å². The highest BCUT2D eigenvalue weighted by Gasteiger charge is 2.21. The number of ether oxygens (including phenoxy) is 1. The number of H-pyrrole nitrogens is 1. The Balaban J connectivity index is 1.59. The highest BCUT2D eigenvalue weighted by Crippen LogP contribution is 2.31. The number of aliphatic imine (C=N–C) groups is 1. The molecular weight excluding hydrogens is 290 g/mol. The average Bonchev–Trinajstić information content (AvgIpc) is 3.32. The Hall–Kier alpha value is -3.02. The lowest BCUT2D eigenvalue weighted by Crippen LogP contribution is -2.02. The van der Waals surface area contributed by atoms with Crippen molar-refractivity contribution in [2.24, 2.45) is 4.99 Å². The Morgan fingerprint density at radius 1 is 1.00 bits per heavy atom. The summed E-state index contributed by atoms with van der Waals surface area (Å²) in [5, 5.41) is 14.2. The van der Waals surface area contributed by atoms with E-state index >= 15 is 0 Å². The molecule has 2 aliphatic rings. The fraction of sp³-hybridized carbons (Fsp3) is 0.176. The van der Waals surface area contributed by atoms with Gasteiger partial charge in [-0.1, -0.05) is 12.1 Å². The molecule has 3 aromatic rings. The van der Waals surface area contributed by atoms with Crippen molar-refractivity contribution < 1.29 is 4.74 Å². The van der Waals surface area contributed by atoms with Gasteiger partial charge in [-0.25, -0.2) is 0 Å². The summed E-state index contributed by atoms with van der Waals surface area (Å²) >= 11 is 0. The van der Waals surface area contributed by atoms with Crippen LogP contribution >= 0.6 is 0 Å². The molecule has 3 heterocycles. The number of aromatic amines is 1. The van der Waals surface area contributed by atoms with E-state index in [1.807, 2.05) is 12.1 Å². The maximum absolute atomic E-state index is 5.59. The van der Waals surface area contributed by atoms with Crippen LogP contribution in [0.5, 0.6) is 5.75 Å². The van der Waals surface area contributed by atoms with Gasteiger partial charge >= 0.3 is 0 Å². The summed E-state index contributed by atoms with van der Waals surface area (Å²) in [6.07, 6.45) is 0.964. The van der Waals surface area contributed by atoms with Crippen LogP contribution in [-0.2, 0) is 13.0 Å². The van der Waals surface area contributed by atoms with Gasteiger partial charge in [0.2, 0.25) is 5.82 Å². The monoisotopic (exact) mass is 303 g/mol. The summed E-state index contributed by atoms with van der Waals surface area (Å²) in [7, 11) is 0. The van der Waals surface area contributed by atoms with E-state index < -0.39 is 0 Å². The zero-order valence-electron chi connectivity index (χ0n) is 12.3. The smallest absolute Gasteiger partial charge is 0.204 e. The number of hydrogen-bond donors (Lipinski definition) is 1. The molecule has 23 heavy (non-hydrogen) atoms. The number of nitrogens with zero attached hydrogens (tertiary/aromatic N) is 4. The van der Waals surface area contributed by atoms with Gasteiger partial charge in [-0.3, -0.25) is 4.99 Å². The molecule has 0 atom stereocenters. The molecule has 5 rings (SSSR count). The molecule has 0 amide bonds. The molecule has 0 spiro atoms. The lowest BCUT2D eigenvalue weighted by molar-refractivity contribution is 0.357. The highest BCUT2D eigenvalue weighted by molar-refractivity contribution is 6.15. The number of nitrogens with one attached hydrogen (secondary N) is 1. The number of tetrazole rings is 1. The van der Waals surface area contributed by atoms with Crippen LogP contribution in [0.4, 0.5) is 0 Å². The van der Waals surface area contributed by atoms with Gasteiger partial charge in [0.1, 0.15) is 5.75 Å². The largest absolute Gasteiger partial charge is 0.493 e. The van der Waals surface area contributed by atoms with Gasteiger partial charge in [-0.05, 0) is 40.6 Å². The molecule has 6 nitrogen and oxygen atoms in total. The van der Waals surface area contributed by atoms with Crippen LogP contribution in [0.25, 0.3) is 11.4 Å². The molecule has 112 valence electrons. The van der Waals surface area contributed by atoms with Crippen molar-refractivity contribution in [2.75, 3.05) is 6.61 Å². The van der Waals surface area contributed by atoms with Crippen molar-refractivity contribution in [2.45, 2.75) is 13.0 Å². The van der Waals surface area contributed by atoms with Crippen LogP contribution in [0.1, 0.15) is 22.3 Å². The average molecular weight is 303 g/mol. The molecule has 0 bridgehead atoms. The lowest BCUT2D eigenvalue weighted by atomic mass is 9.96. The predicted octanol–water partition coefficient (Wildman–Crippen LogP) is 2.15. The summed E-state index contributed by atoms with van der Waals surface area (Å²) < 4.78 is 5.59. The van der Waals surface area contributed by atoms with E-state index in [-0.39, 0.29) is 0 Å². The van der Waals surface area contributed by atoms with E-state index in [0.29, 0.717) is 12.4 Å². The minimum Gasteiger partial charge on any atom is -0.493 e. The first-order valence-corrected chi connectivity index (χ1v) is 7.56. The zero-order valence-corrected chi connectivity index (χ0v) is 12.3. The van der Waals surface area contributed by atoms with Crippen molar-refractivity contribution in [3.05, 3.63) is 58.7 Å². The molecule has 0 radical (unpaired) electrons. The zero-order chi connectivity index (χ0) is 15.2. The fourth-order valence-electron chi connectivity index (χ4n) is 3.19. The van der Waals surface area contributed by atoms with Gasteiger partial charge in [-0.2, -0.15) is 5.21 Å². The number of rotatable bonds is 2. The van der Waals surface area contributed by atoms with Crippen molar-refractivity contribution in [3.63, 3.8) is 0 Å². The fourth-order valence-corrected chi connectivity index (χ4v) is 3.19. The van der Waals surface area contributed by atoms with E-state index in [9.17, 15) is 0 Å². The first-order chi connectivity index (χ1) is 11.4. The Bertz CT molecular complexity index is 930. The van der Waals surface area contributed by atoms with Crippen LogP contribution in [0.3, 0.4) is 0 Å². The molecule has 2 aliphatic heterocycles. The summed E-state index contributed by atoms with van der Waals surface area (Å²) in [5.74, 6) is 1.59. The minimum absolute atomic E-state index is 0.599. The van der Waals surface area contributed by atoms with Gasteiger partial charge in [-0.15, -0.1) is 10.2 Å². The van der Waals surface area contributed by atoms with E-state index in [1.165, 1.54) is 11.1 Å². The molecule has 0 unspecified atom stereocenters. The number of fused-ring (bicyclic) bond motifs is 2. The van der Waals surface area contributed by atoms with Crippen molar-refractivity contribution in [1.82, 2.24) is 20.6 Å². The van der Waals surface area contributed by atoms with Gasteiger partial charge in [0, 0.05) is 23.1 Å². The molecule has 6 heteroatoms. The van der Waals surface area contributed by atoms with Gasteiger partial charge in [0.25, 0.3) is 0 Å². The topological polar surface area (TPSA) is 76.0 Å². The van der Waals surface area contributed by atoms with Crippen LogP contribution in [0.2, 0.25) is 0 Å². The third-order valence-electron chi connectivity index (χ3n) is 4.34. The second kappa shape index (κ2) is 4.74. The standard InChI is InChI=1S/C17H13N5O/c1-2-13-9-18-16(11-3-4-15-10(7-11)5-6-23-15)14(13)8-12(1)17-19-21-22-20-17/h1-4,7-8H,5-6,9H2,(H,19,20,21,22). The van der Waals surface area contributed by atoms with Gasteiger partial charge < -0.3 is 4.74 Å². The Labute approximate surface area is 132 Å². The van der Waals surface area contributed by atoms with Gasteiger partial charge in [0.05, 0.1) is 18.9 Å². The molecular formula is C17H13N5O. The summed E-state index contributed by atoms with van der Waals surface area (Å²) in [6, 6.07) is 12.5. The number of benzene rings is 2. The Kier molecular flexibility index (Phi) is 2.58. The van der Waals surface area contributed by atoms with E-state index in [1.54, 1.807) is 0 Å². The first-order valence-electron chi connectivity index (χ1n) is 7.56. The predicted molar refractivity (Wildman–Crippen MR) is 84.6 cm³/mol. The highest BCUT2D eigenvalue weighted by atomic mass is 16.5. The SMILES string of the molecule is c1cc2c(cc1C1=NCc3ccc(-c4nn[nH]n4)cc31)CCO2. The van der Waals surface area contributed by atoms with Crippen molar-refractivity contribution in [3.8, 4) is 17.1 Å². The van der Waals surface area contributed by atoms with Crippen LogP contribution < -0.4 is 4.74 Å². The summed E-state index contributed by atoms with van der Waals surface area (Å²) in [4.78, 5) is 4.73. The molecule has 1 aromatic heterocycles. The molecule has 0 saturated carbocycles. The van der Waals surface area contributed by atoms with Crippen molar-refractivity contribution >= 4 is 5.71 Å². The van der Waals surface area contributed by atoms with Crippen molar-refractivity contribution in [1.29, 1.82) is 0 Å². The van der Waals surface area contributed by atoms with E-state index in [4.69, 9.17) is 9.73 Å². The second-order valence-corrected chi connectivity index (χ2v) is 5.69. The number of hydrogen-bond acceptors (Lipinski definition) is 5. The molecule has 2 aromatic carbocycles. The van der Waals surface area contributed by atoms with Crippen LogP contribution in [0, 0.1) is 0 Å².